The van der Waals surface area contributed by atoms with Crippen molar-refractivity contribution in [2.75, 3.05) is 0 Å². The van der Waals surface area contributed by atoms with Gasteiger partial charge in [-0.3, -0.25) is 0 Å². The molecule has 0 atom stereocenters. The first kappa shape index (κ1) is 16.1. The van der Waals surface area contributed by atoms with Crippen LogP contribution in [0.3, 0.4) is 0 Å². The molecule has 0 heterocycles. The van der Waals surface area contributed by atoms with Gasteiger partial charge in [-0.05, 0) is 0 Å². The van der Waals surface area contributed by atoms with Crippen LogP contribution in [0.4, 0.5) is 0 Å². The fourth-order valence-electron chi connectivity index (χ4n) is 2.65. The van der Waals surface area contributed by atoms with Gasteiger partial charge in [-0.2, -0.15) is 0 Å². The monoisotopic (exact) mass is 427 g/mol. The van der Waals surface area contributed by atoms with Crippen LogP contribution < -0.4 is 0 Å². The second-order valence-electron chi connectivity index (χ2n) is 7.49. The topological polar surface area (TPSA) is 0 Å². The molecule has 0 unspecified atom stereocenters. The van der Waals surface area contributed by atoms with Gasteiger partial charge in [-0.1, -0.05) is 0 Å². The van der Waals surface area contributed by atoms with Crippen molar-refractivity contribution >= 4 is 16.1 Å². The van der Waals surface area contributed by atoms with Gasteiger partial charge in [-0.15, -0.1) is 0 Å². The summed E-state index contributed by atoms with van der Waals surface area (Å²) in [7, 11) is -2.25. The van der Waals surface area contributed by atoms with Gasteiger partial charge in [0.2, 0.25) is 0 Å². The third-order valence-electron chi connectivity index (χ3n) is 3.64. The molecule has 0 amide bonds. The summed E-state index contributed by atoms with van der Waals surface area (Å²) in [5.74, 6) is 0. The van der Waals surface area contributed by atoms with Crippen LogP contribution in [0.15, 0.2) is 37.3 Å². The maximum atomic E-state index is 2.50. The Balaban J connectivity index is 0.00000200. The molecule has 0 aromatic carbocycles. The third kappa shape index (κ3) is 3.89. The first-order chi connectivity index (χ1) is 8.69. The molecule has 3 heteroatoms. The van der Waals surface area contributed by atoms with Gasteiger partial charge < -0.3 is 1.43 Å². The average molecular weight is 426 g/mol. The molecule has 0 aromatic heterocycles. The fourth-order valence-corrected chi connectivity index (χ4v) is 15.7. The van der Waals surface area contributed by atoms with Gasteiger partial charge in [-0.25, -0.2) is 0 Å². The molecule has 0 saturated heterocycles. The molecule has 0 fully saturated rings. The standard InChI is InChI=1S/2C8H13Si.Sm.H/c2*1-9(2,3)8-6-4-5-7-8;;/h2*4,6H,5H2,1-3H3;;/q;;;-1. The largest absolute Gasteiger partial charge is 1.00 e. The van der Waals surface area contributed by atoms with E-state index in [0.29, 0.717) is 0 Å². The van der Waals surface area contributed by atoms with E-state index in [2.05, 4.69) is 63.6 Å². The molecule has 2 aliphatic carbocycles. The summed E-state index contributed by atoms with van der Waals surface area (Å²) in [6.45, 7) is 15.0. The van der Waals surface area contributed by atoms with Crippen LogP contribution in [-0.2, 0) is 0 Å². The molecule has 0 nitrogen and oxygen atoms in total. The second-order valence-corrected chi connectivity index (χ2v) is 21.4. The minimum atomic E-state index is -1.12. The normalized spacial score (nSPS) is 20.1. The zero-order chi connectivity index (χ0) is 14.3. The molecule has 0 aliphatic heterocycles. The van der Waals surface area contributed by atoms with Crippen molar-refractivity contribution in [3.05, 3.63) is 37.3 Å². The third-order valence-corrected chi connectivity index (χ3v) is 13.1. The van der Waals surface area contributed by atoms with Crippen molar-refractivity contribution in [1.29, 1.82) is 0 Å². The van der Waals surface area contributed by atoms with Gasteiger partial charge in [0.25, 0.3) is 0 Å². The first-order valence-electron chi connectivity index (χ1n) is 7.18. The zero-order valence-electron chi connectivity index (χ0n) is 14.1. The van der Waals surface area contributed by atoms with Crippen LogP contribution in [0.2, 0.25) is 39.3 Å². The molecule has 19 heavy (non-hydrogen) atoms. The van der Waals surface area contributed by atoms with Gasteiger partial charge in [0.15, 0.2) is 0 Å². The summed E-state index contributed by atoms with van der Waals surface area (Å²) in [6, 6.07) is 0. The molecule has 0 radical (unpaired) electrons. The molecular formula is C16H27Si2Sm-. The van der Waals surface area contributed by atoms with E-state index in [1.807, 2.05) is 2.58 Å². The number of hydrogen-bond donors (Lipinski definition) is 0. The Kier molecular flexibility index (Phi) is 4.96. The quantitative estimate of drug-likeness (QED) is 0.531. The van der Waals surface area contributed by atoms with Crippen molar-refractivity contribution < 1.29 is 37.7 Å². The summed E-state index contributed by atoms with van der Waals surface area (Å²) in [4.78, 5) is 0. The number of allylic oxidation sites excluding steroid dienone is 8. The molecule has 0 spiro atoms. The zero-order valence-corrected chi connectivity index (χ0v) is 17.8. The van der Waals surface area contributed by atoms with Gasteiger partial charge in [0, 0.05) is 0 Å². The SMILES string of the molecule is C[Si](C)(C)C1=[C]([Sm][C]2=C([Si](C)(C)C)C=CC2)CC=C1.[H-]. The Hall–Kier alpha value is 0.731. The van der Waals surface area contributed by atoms with Crippen LogP contribution >= 0.6 is 0 Å². The van der Waals surface area contributed by atoms with E-state index in [0.717, 1.165) is 0 Å². The predicted molar refractivity (Wildman–Crippen MR) is 89.4 cm³/mol. The molecule has 0 N–H and O–H groups in total. The molecule has 2 rings (SSSR count). The van der Waals surface area contributed by atoms with E-state index in [1.54, 1.807) is 10.4 Å². The van der Waals surface area contributed by atoms with E-state index in [1.165, 1.54) is 12.8 Å². The maximum Gasteiger partial charge on any atom is -1.00 e. The van der Waals surface area contributed by atoms with E-state index < -0.39 is 52.4 Å². The predicted octanol–water partition coefficient (Wildman–Crippen LogP) is 5.37. The summed E-state index contributed by atoms with van der Waals surface area (Å²) in [6.07, 6.45) is 12.3. The van der Waals surface area contributed by atoms with Crippen molar-refractivity contribution in [1.82, 2.24) is 0 Å². The Morgan fingerprint density at radius 2 is 1.16 bits per heavy atom. The van der Waals surface area contributed by atoms with E-state index in [-0.39, 0.29) is 1.43 Å². The Bertz CT molecular complexity index is 454. The van der Waals surface area contributed by atoms with E-state index >= 15 is 0 Å². The molecular weight excluding hydrogens is 399 g/mol. The van der Waals surface area contributed by atoms with E-state index in [9.17, 15) is 0 Å². The van der Waals surface area contributed by atoms with E-state index in [4.69, 9.17) is 0 Å². The van der Waals surface area contributed by atoms with Crippen molar-refractivity contribution in [3.63, 3.8) is 0 Å². The Morgan fingerprint density at radius 1 is 0.789 bits per heavy atom. The van der Waals surface area contributed by atoms with Crippen LogP contribution in [0.5, 0.6) is 0 Å². The summed E-state index contributed by atoms with van der Waals surface area (Å²) >= 11 is -0.471. The average Bonchev–Trinajstić information content (AvgIpc) is 2.83. The molecule has 0 saturated carbocycles. The maximum absolute atomic E-state index is 2.50. The van der Waals surface area contributed by atoms with Gasteiger partial charge in [0.1, 0.15) is 0 Å². The molecule has 0 aromatic rings. The molecule has 106 valence electrons. The van der Waals surface area contributed by atoms with Crippen molar-refractivity contribution in [2.45, 2.75) is 52.1 Å². The van der Waals surface area contributed by atoms with Crippen LogP contribution in [0, 0.1) is 36.3 Å². The summed E-state index contributed by atoms with van der Waals surface area (Å²) < 4.78 is 3.77. The second kappa shape index (κ2) is 5.85. The summed E-state index contributed by atoms with van der Waals surface area (Å²) in [5.41, 5.74) is 0. The fraction of sp³-hybridized carbons (Fsp3) is 0.500. The van der Waals surface area contributed by atoms with Crippen LogP contribution in [0.25, 0.3) is 0 Å². The van der Waals surface area contributed by atoms with Gasteiger partial charge >= 0.3 is 142 Å². The number of rotatable bonds is 4. The molecule has 2 aliphatic rings. The minimum absolute atomic E-state index is 0. The smallest absolute Gasteiger partial charge is 1.00 e. The molecule has 0 bridgehead atoms. The van der Waals surface area contributed by atoms with Crippen LogP contribution in [-0.4, -0.2) is 16.1 Å². The van der Waals surface area contributed by atoms with Gasteiger partial charge in [0.05, 0.1) is 0 Å². The number of hydrogen-bond acceptors (Lipinski definition) is 0. The Morgan fingerprint density at radius 3 is 1.47 bits per heavy atom. The van der Waals surface area contributed by atoms with Crippen molar-refractivity contribution in [3.8, 4) is 0 Å². The Labute approximate surface area is 142 Å². The summed E-state index contributed by atoms with van der Waals surface area (Å²) in [5, 5.41) is 3.57. The minimum Gasteiger partial charge on any atom is -1.00 e. The first-order valence-corrected chi connectivity index (χ1v) is 16.8. The van der Waals surface area contributed by atoms with Crippen LogP contribution in [0.1, 0.15) is 14.3 Å². The van der Waals surface area contributed by atoms with Crippen molar-refractivity contribution in [2.24, 2.45) is 0 Å².